The quantitative estimate of drug-likeness (QED) is 0.0577. The first-order valence-electron chi connectivity index (χ1n) is 16.8. The number of nitrogens with two attached hydrogens (primary N) is 1. The van der Waals surface area contributed by atoms with Gasteiger partial charge in [-0.1, -0.05) is 26.7 Å². The van der Waals surface area contributed by atoms with Gasteiger partial charge in [-0.15, -0.1) is 0 Å². The molecule has 294 valence electrons. The number of carbonyl (C=O) groups is 1. The molecule has 2 aliphatic heterocycles. The third-order valence-electron chi connectivity index (χ3n) is 8.72. The van der Waals surface area contributed by atoms with Crippen LogP contribution in [-0.2, 0) is 42.0 Å². The molecule has 53 heavy (non-hydrogen) atoms. The third kappa shape index (κ3) is 10.0. The van der Waals surface area contributed by atoms with Crippen LogP contribution in [0, 0.1) is 5.92 Å². The Labute approximate surface area is 306 Å². The summed E-state index contributed by atoms with van der Waals surface area (Å²) in [5.74, 6) is -0.249. The number of imidazole rings is 1. The maximum absolute atomic E-state index is 14.6. The predicted octanol–water partition coefficient (Wildman–Crippen LogP) is 1.32. The predicted molar refractivity (Wildman–Crippen MR) is 186 cm³/mol. The normalized spacial score (nSPS) is 25.6. The van der Waals surface area contributed by atoms with Gasteiger partial charge in [-0.05, 0) is 5.92 Å². The van der Waals surface area contributed by atoms with Gasteiger partial charge >= 0.3 is 18.6 Å². The van der Waals surface area contributed by atoms with E-state index in [1.165, 1.54) is 26.0 Å². The maximum Gasteiger partial charge on any atom is 0.509 e. The fraction of sp³-hybridized carbons (Fsp3) is 0.667. The number of hydrogen-bond acceptors (Lipinski definition) is 19. The Bertz CT molecular complexity index is 1830. The van der Waals surface area contributed by atoms with Gasteiger partial charge in [-0.25, -0.2) is 29.1 Å². The van der Waals surface area contributed by atoms with Crippen molar-refractivity contribution in [1.29, 1.82) is 0 Å². The number of H-pyrrole nitrogens is 1. The molecule has 0 amide bonds. The Balaban J connectivity index is 1.35. The summed E-state index contributed by atoms with van der Waals surface area (Å²) < 4.78 is 62.6. The highest BCUT2D eigenvalue weighted by atomic mass is 32.7. The number of ether oxygens (including phenoxy) is 6. The first kappa shape index (κ1) is 40.7. The van der Waals surface area contributed by atoms with E-state index in [1.807, 2.05) is 13.8 Å². The number of fused-ring (bicyclic) bond motifs is 1. The highest BCUT2D eigenvalue weighted by Crippen LogP contribution is 2.63. The van der Waals surface area contributed by atoms with Crippen molar-refractivity contribution < 1.29 is 57.0 Å². The molecule has 5 rings (SSSR count). The van der Waals surface area contributed by atoms with Crippen LogP contribution in [0.4, 0.5) is 10.6 Å². The fourth-order valence-corrected chi connectivity index (χ4v) is 8.49. The molecule has 0 spiro atoms. The van der Waals surface area contributed by atoms with Crippen molar-refractivity contribution in [1.82, 2.24) is 29.1 Å². The number of methoxy groups -OCH3 is 1. The molecule has 2 fully saturated rings. The summed E-state index contributed by atoms with van der Waals surface area (Å²) in [6.07, 6.45) is -3.38. The van der Waals surface area contributed by atoms with Crippen molar-refractivity contribution in [3.63, 3.8) is 0 Å². The number of nitrogens with zero attached hydrogens (tertiary/aromatic N) is 5. The molecule has 23 heteroatoms. The molecule has 0 aromatic carbocycles. The van der Waals surface area contributed by atoms with E-state index < -0.39 is 86.3 Å². The van der Waals surface area contributed by atoms with Crippen LogP contribution in [0.3, 0.4) is 0 Å². The van der Waals surface area contributed by atoms with E-state index in [1.54, 1.807) is 4.57 Å². The van der Waals surface area contributed by atoms with E-state index >= 15 is 0 Å². The SMILES string of the molecule is CCC(CC)COC(=O)OCSP(=O)(OC[C@H]1O[C@@H](n2cnc3c(N)ncnc32)C[C@@H]1O)O[C@H]1C(OCCOC)[C@H](n2ccc(=O)[nH]c2=O)O[C@@H]1CO. The molecule has 0 saturated carbocycles. The monoisotopic (exact) mass is 789 g/mol. The largest absolute Gasteiger partial charge is 0.509 e. The number of hydrogen-bond donors (Lipinski definition) is 4. The average molecular weight is 790 g/mol. The van der Waals surface area contributed by atoms with Crippen molar-refractivity contribution in [2.24, 2.45) is 5.92 Å². The second kappa shape index (κ2) is 18.7. The molecule has 2 aliphatic rings. The van der Waals surface area contributed by atoms with Crippen LogP contribution in [0.25, 0.3) is 11.2 Å². The topological polar surface area (TPSA) is 273 Å². The second-order valence-electron chi connectivity index (χ2n) is 12.1. The van der Waals surface area contributed by atoms with Gasteiger partial charge in [0.1, 0.15) is 42.5 Å². The van der Waals surface area contributed by atoms with Crippen molar-refractivity contribution in [2.45, 2.75) is 76.1 Å². The number of nitrogen functional groups attached to an aromatic ring is 1. The lowest BCUT2D eigenvalue weighted by atomic mass is 10.1. The summed E-state index contributed by atoms with van der Waals surface area (Å²) in [6.45, 7) is -1.46. The third-order valence-corrected chi connectivity index (χ3v) is 12.1. The molecule has 5 N–H and O–H groups in total. The Kier molecular flexibility index (Phi) is 14.4. The summed E-state index contributed by atoms with van der Waals surface area (Å²) in [5.41, 5.74) is 5.14. The smallest absolute Gasteiger partial charge is 0.434 e. The highest BCUT2D eigenvalue weighted by molar-refractivity contribution is 8.55. The fourth-order valence-electron chi connectivity index (χ4n) is 5.70. The summed E-state index contributed by atoms with van der Waals surface area (Å²) >= 11 is 0.488. The molecule has 0 bridgehead atoms. The van der Waals surface area contributed by atoms with Gasteiger partial charge in [0.25, 0.3) is 5.56 Å². The molecule has 5 heterocycles. The van der Waals surface area contributed by atoms with Crippen molar-refractivity contribution in [3.8, 4) is 0 Å². The van der Waals surface area contributed by atoms with E-state index in [4.69, 9.17) is 43.2 Å². The minimum Gasteiger partial charge on any atom is -0.434 e. The van der Waals surface area contributed by atoms with Crippen LogP contribution in [0.2, 0.25) is 0 Å². The van der Waals surface area contributed by atoms with Crippen LogP contribution < -0.4 is 17.0 Å². The van der Waals surface area contributed by atoms with Gasteiger partial charge in [0.15, 0.2) is 23.6 Å². The lowest BCUT2D eigenvalue weighted by Crippen LogP contribution is -2.41. The van der Waals surface area contributed by atoms with Crippen LogP contribution in [-0.4, -0.2) is 122 Å². The van der Waals surface area contributed by atoms with Gasteiger partial charge in [0.2, 0.25) is 0 Å². The molecule has 2 saturated heterocycles. The van der Waals surface area contributed by atoms with Gasteiger partial charge < -0.3 is 44.4 Å². The lowest BCUT2D eigenvalue weighted by Gasteiger charge is -2.28. The number of aromatic amines is 1. The standard InChI is InChI=1S/C30H44N7O14PS/c1-4-17(5-2)12-46-30(42)47-16-53-52(43,48-13-20-18(39)10-22(49-20)37-15-34-23-26(31)32-14-33-27(23)37)51-24-19(11-38)50-28(25(24)45-9-8-44-3)36-7-6-21(40)35-29(36)41/h6-7,14-15,17-20,22,24-25,28,38-39H,4-5,8-13,16H2,1-3H3,(H2,31,32,33)(H,35,40,41)/t18-,19+,20+,22+,24+,25?,28+,52?/m0/s1. The van der Waals surface area contributed by atoms with Gasteiger partial charge in [0, 0.05) is 37.2 Å². The Morgan fingerprint density at radius 2 is 1.92 bits per heavy atom. The lowest BCUT2D eigenvalue weighted by molar-refractivity contribution is -0.0814. The molecule has 21 nitrogen and oxygen atoms in total. The zero-order valence-corrected chi connectivity index (χ0v) is 31.0. The summed E-state index contributed by atoms with van der Waals surface area (Å²) in [4.78, 5) is 51.4. The molecule has 2 unspecified atom stereocenters. The van der Waals surface area contributed by atoms with Crippen LogP contribution in [0.15, 0.2) is 34.5 Å². The number of nitrogens with one attached hydrogen (secondary N) is 1. The molecule has 0 aliphatic carbocycles. The van der Waals surface area contributed by atoms with Crippen molar-refractivity contribution in [3.05, 3.63) is 45.8 Å². The number of anilines is 1. The Morgan fingerprint density at radius 3 is 2.64 bits per heavy atom. The molecular weight excluding hydrogens is 745 g/mol. The zero-order valence-electron chi connectivity index (χ0n) is 29.3. The number of aliphatic hydroxyl groups excluding tert-OH is 2. The minimum absolute atomic E-state index is 0.0378. The number of aromatic nitrogens is 6. The summed E-state index contributed by atoms with van der Waals surface area (Å²) in [7, 11) is 1.44. The average Bonchev–Trinajstić information content (AvgIpc) is 3.83. The molecular formula is C30H44N7O14PS. The summed E-state index contributed by atoms with van der Waals surface area (Å²) in [6, 6.07) is 1.09. The van der Waals surface area contributed by atoms with E-state index in [2.05, 4.69) is 19.9 Å². The van der Waals surface area contributed by atoms with Crippen molar-refractivity contribution >= 4 is 41.3 Å². The first-order chi connectivity index (χ1) is 25.5. The highest BCUT2D eigenvalue weighted by Gasteiger charge is 2.51. The van der Waals surface area contributed by atoms with Crippen LogP contribution in [0.5, 0.6) is 0 Å². The van der Waals surface area contributed by atoms with E-state index in [0.717, 1.165) is 23.5 Å². The van der Waals surface area contributed by atoms with E-state index in [0.29, 0.717) is 22.5 Å². The maximum atomic E-state index is 14.6. The van der Waals surface area contributed by atoms with Crippen LogP contribution in [0.1, 0.15) is 45.6 Å². The zero-order chi connectivity index (χ0) is 38.1. The molecule has 3 aromatic heterocycles. The number of carbonyl (C=O) groups excluding carboxylic acids is 1. The Morgan fingerprint density at radius 1 is 1.13 bits per heavy atom. The van der Waals surface area contributed by atoms with Gasteiger partial charge in [0.05, 0.1) is 45.5 Å². The number of aliphatic hydroxyl groups is 2. The van der Waals surface area contributed by atoms with Crippen molar-refractivity contribution in [2.75, 3.05) is 51.8 Å². The molecule has 8 atom stereocenters. The van der Waals surface area contributed by atoms with Gasteiger partial charge in [-0.2, -0.15) is 0 Å². The van der Waals surface area contributed by atoms with E-state index in [9.17, 15) is 29.2 Å². The second-order valence-corrected chi connectivity index (χ2v) is 16.0. The molecule has 0 radical (unpaired) electrons. The Hall–Kier alpha value is -3.44. The minimum atomic E-state index is -4.45. The van der Waals surface area contributed by atoms with E-state index in [-0.39, 0.29) is 38.0 Å². The van der Waals surface area contributed by atoms with Crippen LogP contribution >= 0.6 is 18.2 Å². The first-order valence-corrected chi connectivity index (χ1v) is 20.0. The van der Waals surface area contributed by atoms with Gasteiger partial charge in [-0.3, -0.25) is 28.0 Å². The number of rotatable bonds is 19. The molecule has 3 aromatic rings. The summed E-state index contributed by atoms with van der Waals surface area (Å²) in [5, 5.41) is 21.3.